The van der Waals surface area contributed by atoms with Gasteiger partial charge in [0.2, 0.25) is 0 Å². The zero-order valence-electron chi connectivity index (χ0n) is 10.1. The van der Waals surface area contributed by atoms with Gasteiger partial charge < -0.3 is 5.73 Å². The minimum absolute atomic E-state index is 0.231. The molecule has 1 atom stereocenters. The van der Waals surface area contributed by atoms with Gasteiger partial charge in [0, 0.05) is 30.5 Å². The van der Waals surface area contributed by atoms with Gasteiger partial charge in [-0.1, -0.05) is 17.8 Å². The summed E-state index contributed by atoms with van der Waals surface area (Å²) < 4.78 is 27.6. The fourth-order valence-electron chi connectivity index (χ4n) is 1.52. The largest absolute Gasteiger partial charge is 0.343 e. The maximum Gasteiger partial charge on any atom is 0.343 e. The Morgan fingerprint density at radius 1 is 1.53 bits per heavy atom. The van der Waals surface area contributed by atoms with Crippen LogP contribution in [0.4, 0.5) is 8.78 Å². The van der Waals surface area contributed by atoms with E-state index in [1.54, 1.807) is 7.05 Å². The Morgan fingerprint density at radius 3 is 2.84 bits per heavy atom. The molecule has 1 aromatic carbocycles. The highest BCUT2D eigenvalue weighted by atomic mass is 32.2. The van der Waals surface area contributed by atoms with Crippen LogP contribution in [-0.2, 0) is 7.05 Å². The number of nitrogens with zero attached hydrogens (tertiary/aromatic N) is 2. The molecule has 1 unspecified atom stereocenters. The molecule has 1 aromatic heterocycles. The van der Waals surface area contributed by atoms with Crippen LogP contribution < -0.4 is 11.4 Å². The summed E-state index contributed by atoms with van der Waals surface area (Å²) in [6, 6.07) is 2.66. The summed E-state index contributed by atoms with van der Waals surface area (Å²) in [4.78, 5) is 11.1. The fraction of sp³-hybridized carbons (Fsp3) is 0.273. The second-order valence-corrected chi connectivity index (χ2v) is 4.94. The van der Waals surface area contributed by atoms with E-state index in [4.69, 9.17) is 5.73 Å². The molecule has 0 amide bonds. The molecule has 102 valence electrons. The van der Waals surface area contributed by atoms with Gasteiger partial charge in [0.05, 0.1) is 0 Å². The van der Waals surface area contributed by atoms with Crippen molar-refractivity contribution in [3.63, 3.8) is 0 Å². The molecule has 0 saturated heterocycles. The van der Waals surface area contributed by atoms with Crippen molar-refractivity contribution >= 4 is 11.8 Å². The maximum atomic E-state index is 13.5. The van der Waals surface area contributed by atoms with Crippen molar-refractivity contribution in [2.45, 2.75) is 11.2 Å². The Labute approximate surface area is 111 Å². The molecule has 2 aromatic rings. The van der Waals surface area contributed by atoms with Crippen LogP contribution in [0.2, 0.25) is 0 Å². The number of thioether (sulfide) groups is 1. The van der Waals surface area contributed by atoms with Gasteiger partial charge >= 0.3 is 5.69 Å². The van der Waals surface area contributed by atoms with Gasteiger partial charge in [0.15, 0.2) is 5.16 Å². The third-order valence-corrected chi connectivity index (χ3v) is 3.74. The molecule has 0 aliphatic heterocycles. The van der Waals surface area contributed by atoms with Crippen molar-refractivity contribution in [2.75, 3.05) is 5.75 Å². The first-order valence-electron chi connectivity index (χ1n) is 5.43. The van der Waals surface area contributed by atoms with Gasteiger partial charge in [-0.15, -0.1) is 5.10 Å². The lowest BCUT2D eigenvalue weighted by molar-refractivity contribution is 0.563. The molecule has 0 aliphatic rings. The summed E-state index contributed by atoms with van der Waals surface area (Å²) in [7, 11) is 1.57. The number of H-pyrrole nitrogens is 1. The molecular weight excluding hydrogens is 274 g/mol. The molecule has 8 heteroatoms. The van der Waals surface area contributed by atoms with Crippen molar-refractivity contribution in [3.05, 3.63) is 45.9 Å². The molecule has 5 nitrogen and oxygen atoms in total. The quantitative estimate of drug-likeness (QED) is 0.827. The lowest BCUT2D eigenvalue weighted by Crippen LogP contribution is -2.16. The monoisotopic (exact) mass is 286 g/mol. The first kappa shape index (κ1) is 13.8. The number of rotatable bonds is 4. The zero-order valence-corrected chi connectivity index (χ0v) is 10.9. The van der Waals surface area contributed by atoms with Gasteiger partial charge in [0.25, 0.3) is 0 Å². The van der Waals surface area contributed by atoms with E-state index >= 15 is 0 Å². The topological polar surface area (TPSA) is 76.7 Å². The average molecular weight is 286 g/mol. The van der Waals surface area contributed by atoms with Gasteiger partial charge in [0.1, 0.15) is 11.6 Å². The molecule has 0 aliphatic carbocycles. The minimum Gasteiger partial charge on any atom is -0.323 e. The molecular formula is C11H12F2N4OS. The number of nitrogens with two attached hydrogens (primary N) is 1. The lowest BCUT2D eigenvalue weighted by Gasteiger charge is -2.12. The van der Waals surface area contributed by atoms with E-state index in [2.05, 4.69) is 10.2 Å². The van der Waals surface area contributed by atoms with E-state index in [0.29, 0.717) is 10.9 Å². The van der Waals surface area contributed by atoms with Crippen LogP contribution in [0, 0.1) is 11.6 Å². The van der Waals surface area contributed by atoms with Crippen LogP contribution in [0.5, 0.6) is 0 Å². The Kier molecular flexibility index (Phi) is 4.01. The number of benzene rings is 1. The third kappa shape index (κ3) is 3.02. The van der Waals surface area contributed by atoms with Crippen LogP contribution in [0.15, 0.2) is 28.2 Å². The number of halogens is 2. The highest BCUT2D eigenvalue weighted by Gasteiger charge is 2.14. The second kappa shape index (κ2) is 5.54. The second-order valence-electron chi connectivity index (χ2n) is 3.95. The number of hydrogen-bond donors (Lipinski definition) is 2. The Bertz CT molecular complexity index is 640. The van der Waals surface area contributed by atoms with E-state index in [1.807, 2.05) is 0 Å². The predicted molar refractivity (Wildman–Crippen MR) is 67.8 cm³/mol. The van der Waals surface area contributed by atoms with E-state index in [1.165, 1.54) is 22.4 Å². The molecule has 0 saturated carbocycles. The van der Waals surface area contributed by atoms with Gasteiger partial charge in [-0.2, -0.15) is 0 Å². The number of hydrogen-bond acceptors (Lipinski definition) is 4. The van der Waals surface area contributed by atoms with Crippen molar-refractivity contribution < 1.29 is 8.78 Å². The summed E-state index contributed by atoms with van der Waals surface area (Å²) >= 11 is 1.22. The molecule has 0 fully saturated rings. The standard InChI is InChI=1S/C11H12F2N4OS/c1-17-10(18)15-16-11(17)19-5-9(14)7-3-2-6(12)4-8(7)13/h2-4,9H,5,14H2,1H3,(H,15,18). The fourth-order valence-corrected chi connectivity index (χ4v) is 2.41. The Hall–Kier alpha value is -1.67. The third-order valence-electron chi connectivity index (χ3n) is 2.59. The normalized spacial score (nSPS) is 12.6. The van der Waals surface area contributed by atoms with Crippen LogP contribution in [0.1, 0.15) is 11.6 Å². The van der Waals surface area contributed by atoms with Crippen LogP contribution in [0.3, 0.4) is 0 Å². The molecule has 0 spiro atoms. The summed E-state index contributed by atoms with van der Waals surface area (Å²) in [5.74, 6) is -0.999. The molecule has 0 bridgehead atoms. The summed E-state index contributed by atoms with van der Waals surface area (Å²) in [5.41, 5.74) is 5.74. The Balaban J connectivity index is 2.07. The van der Waals surface area contributed by atoms with Crippen LogP contribution >= 0.6 is 11.8 Å². The maximum absolute atomic E-state index is 13.5. The van der Waals surface area contributed by atoms with Crippen molar-refractivity contribution in [1.82, 2.24) is 14.8 Å². The van der Waals surface area contributed by atoms with E-state index < -0.39 is 17.7 Å². The highest BCUT2D eigenvalue weighted by Crippen LogP contribution is 2.22. The molecule has 1 heterocycles. The average Bonchev–Trinajstić information content (AvgIpc) is 2.67. The minimum atomic E-state index is -0.677. The number of aromatic amines is 1. The number of nitrogens with one attached hydrogen (secondary N) is 1. The van der Waals surface area contributed by atoms with Gasteiger partial charge in [-0.3, -0.25) is 4.57 Å². The van der Waals surface area contributed by atoms with E-state index in [9.17, 15) is 13.6 Å². The Morgan fingerprint density at radius 2 is 2.26 bits per heavy atom. The first-order chi connectivity index (χ1) is 8.99. The molecule has 0 radical (unpaired) electrons. The summed E-state index contributed by atoms with van der Waals surface area (Å²) in [6.45, 7) is 0. The molecule has 2 rings (SSSR count). The summed E-state index contributed by atoms with van der Waals surface area (Å²) in [5, 5.41) is 6.55. The zero-order chi connectivity index (χ0) is 14.0. The molecule has 3 N–H and O–H groups in total. The first-order valence-corrected chi connectivity index (χ1v) is 6.42. The van der Waals surface area contributed by atoms with Gasteiger partial charge in [-0.25, -0.2) is 18.7 Å². The smallest absolute Gasteiger partial charge is 0.323 e. The SMILES string of the molecule is Cn1c(SCC(N)c2ccc(F)cc2F)n[nH]c1=O. The van der Waals surface area contributed by atoms with Crippen molar-refractivity contribution in [1.29, 1.82) is 0 Å². The highest BCUT2D eigenvalue weighted by molar-refractivity contribution is 7.99. The summed E-state index contributed by atoms with van der Waals surface area (Å²) in [6.07, 6.45) is 0. The lowest BCUT2D eigenvalue weighted by atomic mass is 10.1. The van der Waals surface area contributed by atoms with Crippen molar-refractivity contribution in [2.24, 2.45) is 12.8 Å². The predicted octanol–water partition coefficient (Wildman–Crippen LogP) is 1.18. The number of aromatic nitrogens is 3. The van der Waals surface area contributed by atoms with Crippen LogP contribution in [-0.4, -0.2) is 20.5 Å². The van der Waals surface area contributed by atoms with E-state index in [0.717, 1.165) is 12.1 Å². The van der Waals surface area contributed by atoms with Crippen LogP contribution in [0.25, 0.3) is 0 Å². The molecule has 19 heavy (non-hydrogen) atoms. The van der Waals surface area contributed by atoms with E-state index in [-0.39, 0.29) is 11.3 Å². The van der Waals surface area contributed by atoms with Gasteiger partial charge in [-0.05, 0) is 6.07 Å². The van der Waals surface area contributed by atoms with Crippen molar-refractivity contribution in [3.8, 4) is 0 Å².